The van der Waals surface area contributed by atoms with E-state index in [-0.39, 0.29) is 0 Å². The molecular formula is C4H10ClN2+. The first-order valence-electron chi connectivity index (χ1n) is 2.06. The predicted octanol–water partition coefficient (Wildman–Crippen LogP) is 0.0727. The van der Waals surface area contributed by atoms with Crippen LogP contribution in [0.3, 0.4) is 0 Å². The summed E-state index contributed by atoms with van der Waals surface area (Å²) in [5.41, 5.74) is 0. The highest BCUT2D eigenvalue weighted by Crippen LogP contribution is 1.72. The molecule has 0 spiro atoms. The summed E-state index contributed by atoms with van der Waals surface area (Å²) < 4.78 is 1.79. The first-order valence-corrected chi connectivity index (χ1v) is 2.43. The highest BCUT2D eigenvalue weighted by atomic mass is 35.5. The van der Waals surface area contributed by atoms with Gasteiger partial charge < -0.3 is 0 Å². The van der Waals surface area contributed by atoms with Gasteiger partial charge in [-0.15, -0.1) is 0 Å². The van der Waals surface area contributed by atoms with Crippen molar-refractivity contribution in [1.82, 2.24) is 5.32 Å². The van der Waals surface area contributed by atoms with E-state index in [9.17, 15) is 0 Å². The molecule has 0 aromatic rings. The van der Waals surface area contributed by atoms with Gasteiger partial charge in [0.25, 0.3) is 0 Å². The molecule has 3 heteroatoms. The van der Waals surface area contributed by atoms with E-state index in [1.54, 1.807) is 11.6 Å². The lowest BCUT2D eigenvalue weighted by Crippen LogP contribution is -2.20. The van der Waals surface area contributed by atoms with E-state index in [2.05, 4.69) is 5.32 Å². The minimum Gasteiger partial charge on any atom is -0.267 e. The van der Waals surface area contributed by atoms with E-state index >= 15 is 0 Å². The molecular weight excluding hydrogens is 112 g/mol. The highest BCUT2D eigenvalue weighted by Gasteiger charge is 1.93. The Balaban J connectivity index is 3.72. The van der Waals surface area contributed by atoms with E-state index < -0.39 is 0 Å². The third-order valence-electron chi connectivity index (χ3n) is 0.599. The van der Waals surface area contributed by atoms with Crippen LogP contribution in [0.25, 0.3) is 0 Å². The zero-order valence-corrected chi connectivity index (χ0v) is 5.58. The molecule has 0 aromatic heterocycles. The molecule has 0 unspecified atom stereocenters. The minimum atomic E-state index is 0.653. The second kappa shape index (κ2) is 2.86. The van der Waals surface area contributed by atoms with Gasteiger partial charge in [0.15, 0.2) is 0 Å². The molecule has 2 nitrogen and oxygen atoms in total. The van der Waals surface area contributed by atoms with Crippen LogP contribution in [0, 0.1) is 0 Å². The first kappa shape index (κ1) is 6.76. The molecule has 0 amide bonds. The molecule has 0 fully saturated rings. The number of amidine groups is 1. The summed E-state index contributed by atoms with van der Waals surface area (Å²) in [7, 11) is 5.53. The van der Waals surface area contributed by atoms with Crippen LogP contribution in [-0.2, 0) is 0 Å². The second-order valence-corrected chi connectivity index (χ2v) is 1.79. The number of hydrogen-bond acceptors (Lipinski definition) is 0. The van der Waals surface area contributed by atoms with E-state index in [0.717, 1.165) is 0 Å². The predicted molar refractivity (Wildman–Crippen MR) is 32.0 cm³/mol. The van der Waals surface area contributed by atoms with Gasteiger partial charge in [0.1, 0.15) is 0 Å². The summed E-state index contributed by atoms with van der Waals surface area (Å²) in [5, 5.41) is 3.43. The Morgan fingerprint density at radius 2 is 2.00 bits per heavy atom. The van der Waals surface area contributed by atoms with Crippen LogP contribution >= 0.6 is 11.6 Å². The molecule has 0 heterocycles. The lowest BCUT2D eigenvalue weighted by Gasteiger charge is -1.89. The molecule has 1 N–H and O–H groups in total. The number of nitrogens with zero attached hydrogens (tertiary/aromatic N) is 1. The van der Waals surface area contributed by atoms with Crippen molar-refractivity contribution in [3.8, 4) is 0 Å². The van der Waals surface area contributed by atoms with E-state index in [4.69, 9.17) is 11.6 Å². The van der Waals surface area contributed by atoms with Gasteiger partial charge in [-0.2, -0.15) is 0 Å². The van der Waals surface area contributed by atoms with E-state index in [1.165, 1.54) is 0 Å². The molecule has 0 aliphatic carbocycles. The fourth-order valence-electron chi connectivity index (χ4n) is 0.224. The third kappa shape index (κ3) is 2.45. The van der Waals surface area contributed by atoms with Crippen molar-refractivity contribution in [2.24, 2.45) is 0 Å². The molecule has 0 saturated heterocycles. The topological polar surface area (TPSA) is 15.0 Å². The highest BCUT2D eigenvalue weighted by molar-refractivity contribution is 6.63. The molecule has 0 radical (unpaired) electrons. The number of rotatable bonds is 0. The van der Waals surface area contributed by atoms with Gasteiger partial charge in [-0.25, -0.2) is 0 Å². The fourth-order valence-corrected chi connectivity index (χ4v) is 0.224. The Morgan fingerprint density at radius 1 is 1.57 bits per heavy atom. The average Bonchev–Trinajstić information content (AvgIpc) is 1.65. The molecule has 0 aliphatic rings. The van der Waals surface area contributed by atoms with Crippen molar-refractivity contribution in [3.05, 3.63) is 0 Å². The van der Waals surface area contributed by atoms with Crippen LogP contribution in [0.15, 0.2) is 0 Å². The van der Waals surface area contributed by atoms with Gasteiger partial charge in [-0.1, -0.05) is 0 Å². The Bertz CT molecular complexity index is 83.7. The van der Waals surface area contributed by atoms with Crippen LogP contribution in [0.5, 0.6) is 0 Å². The zero-order chi connectivity index (χ0) is 5.86. The maximum Gasteiger partial charge on any atom is 0.342 e. The molecule has 0 aliphatic heterocycles. The Morgan fingerprint density at radius 3 is 2.00 bits per heavy atom. The SMILES string of the molecule is CNC(Cl)=[N+](C)C. The Labute approximate surface area is 48.8 Å². The number of halogens is 1. The molecule has 0 saturated carbocycles. The average molecular weight is 122 g/mol. The lowest BCUT2D eigenvalue weighted by atomic mass is 11.0. The minimum absolute atomic E-state index is 0.653. The molecule has 0 bridgehead atoms. The summed E-state index contributed by atoms with van der Waals surface area (Å²) >= 11 is 5.53. The van der Waals surface area contributed by atoms with Crippen molar-refractivity contribution < 1.29 is 4.58 Å². The van der Waals surface area contributed by atoms with Crippen molar-refractivity contribution in [3.63, 3.8) is 0 Å². The standard InChI is InChI=1S/C4H9ClN2/c1-6-4(5)7(2)3/h1-3H3/p+1. The van der Waals surface area contributed by atoms with Crippen LogP contribution < -0.4 is 5.32 Å². The monoisotopic (exact) mass is 121 g/mol. The van der Waals surface area contributed by atoms with Gasteiger partial charge in [-0.05, 0) is 0 Å². The van der Waals surface area contributed by atoms with Gasteiger partial charge >= 0.3 is 5.29 Å². The Kier molecular flexibility index (Phi) is 2.76. The van der Waals surface area contributed by atoms with Gasteiger partial charge in [0.2, 0.25) is 0 Å². The third-order valence-corrected chi connectivity index (χ3v) is 1.13. The van der Waals surface area contributed by atoms with Crippen LogP contribution in [0.4, 0.5) is 0 Å². The van der Waals surface area contributed by atoms with Gasteiger partial charge in [0.05, 0.1) is 21.1 Å². The molecule has 0 atom stereocenters. The summed E-state index contributed by atoms with van der Waals surface area (Å²) in [6, 6.07) is 0. The van der Waals surface area contributed by atoms with Crippen LogP contribution in [0.1, 0.15) is 0 Å². The maximum atomic E-state index is 5.53. The molecule has 0 aromatic carbocycles. The number of hydrogen-bond donors (Lipinski definition) is 1. The second-order valence-electron chi connectivity index (χ2n) is 1.44. The van der Waals surface area contributed by atoms with Gasteiger partial charge in [-0.3, -0.25) is 9.89 Å². The summed E-state index contributed by atoms with van der Waals surface area (Å²) in [5.74, 6) is 0. The van der Waals surface area contributed by atoms with Crippen LogP contribution in [0.2, 0.25) is 0 Å². The summed E-state index contributed by atoms with van der Waals surface area (Å²) in [6.07, 6.45) is 0. The molecule has 0 rings (SSSR count). The quantitative estimate of drug-likeness (QED) is 0.208. The lowest BCUT2D eigenvalue weighted by molar-refractivity contribution is -0.463. The van der Waals surface area contributed by atoms with Crippen LogP contribution in [-0.4, -0.2) is 31.0 Å². The van der Waals surface area contributed by atoms with Crippen molar-refractivity contribution in [2.75, 3.05) is 21.1 Å². The van der Waals surface area contributed by atoms with Crippen molar-refractivity contribution in [1.29, 1.82) is 0 Å². The summed E-state index contributed by atoms with van der Waals surface area (Å²) in [4.78, 5) is 0. The molecule has 42 valence electrons. The van der Waals surface area contributed by atoms with Crippen molar-refractivity contribution in [2.45, 2.75) is 0 Å². The first-order chi connectivity index (χ1) is 3.18. The largest absolute Gasteiger partial charge is 0.342 e. The summed E-state index contributed by atoms with van der Waals surface area (Å²) in [6.45, 7) is 0. The zero-order valence-electron chi connectivity index (χ0n) is 4.83. The normalized spacial score (nSPS) is 8.00. The number of nitrogens with one attached hydrogen (secondary N) is 1. The van der Waals surface area contributed by atoms with E-state index in [1.807, 2.05) is 14.1 Å². The molecule has 7 heavy (non-hydrogen) atoms. The maximum absolute atomic E-state index is 5.53. The Hall–Kier alpha value is -0.240. The van der Waals surface area contributed by atoms with Gasteiger partial charge in [0, 0.05) is 11.6 Å². The van der Waals surface area contributed by atoms with Crippen molar-refractivity contribution >= 4 is 16.9 Å². The smallest absolute Gasteiger partial charge is 0.267 e. The fraction of sp³-hybridized carbons (Fsp3) is 0.750. The van der Waals surface area contributed by atoms with E-state index in [0.29, 0.717) is 5.29 Å².